The number of aryl methyl sites for hydroxylation is 3. The van der Waals surface area contributed by atoms with Gasteiger partial charge >= 0.3 is 0 Å². The van der Waals surface area contributed by atoms with Crippen LogP contribution in [0.5, 0.6) is 0 Å². The highest BCUT2D eigenvalue weighted by Gasteiger charge is 2.13. The number of imidazole rings is 1. The predicted octanol–water partition coefficient (Wildman–Crippen LogP) is 2.87. The number of carbonyl (C=O) groups excluding carboxylic acids is 1. The second kappa shape index (κ2) is 5.96. The van der Waals surface area contributed by atoms with Crippen molar-refractivity contribution in [1.29, 1.82) is 0 Å². The summed E-state index contributed by atoms with van der Waals surface area (Å²) >= 11 is 0. The van der Waals surface area contributed by atoms with Crippen LogP contribution in [0.25, 0.3) is 11.3 Å². The Bertz CT molecular complexity index is 852. The number of hydrogen-bond acceptors (Lipinski definition) is 3. The Kier molecular flexibility index (Phi) is 3.65. The summed E-state index contributed by atoms with van der Waals surface area (Å²) in [7, 11) is 1.79. The first-order valence-corrected chi connectivity index (χ1v) is 8.15. The molecule has 6 nitrogen and oxygen atoms in total. The van der Waals surface area contributed by atoms with Crippen LogP contribution >= 0.6 is 0 Å². The number of amides is 1. The van der Waals surface area contributed by atoms with E-state index in [4.69, 9.17) is 4.98 Å². The molecule has 3 aromatic rings. The van der Waals surface area contributed by atoms with Crippen molar-refractivity contribution in [2.75, 3.05) is 5.32 Å². The molecule has 0 atom stereocenters. The zero-order valence-corrected chi connectivity index (χ0v) is 13.6. The molecule has 122 valence electrons. The van der Waals surface area contributed by atoms with Crippen LogP contribution in [-0.4, -0.2) is 25.2 Å². The Morgan fingerprint density at radius 3 is 2.71 bits per heavy atom. The number of hydrogen-bond donors (Lipinski definition) is 1. The van der Waals surface area contributed by atoms with E-state index < -0.39 is 0 Å². The Balaban J connectivity index is 1.50. The predicted molar refractivity (Wildman–Crippen MR) is 91.8 cm³/mol. The van der Waals surface area contributed by atoms with Gasteiger partial charge in [0.1, 0.15) is 5.82 Å². The van der Waals surface area contributed by atoms with Gasteiger partial charge < -0.3 is 9.88 Å². The highest BCUT2D eigenvalue weighted by atomic mass is 16.1. The van der Waals surface area contributed by atoms with Crippen LogP contribution < -0.4 is 5.32 Å². The molecule has 4 rings (SSSR count). The van der Waals surface area contributed by atoms with Crippen molar-refractivity contribution in [3.05, 3.63) is 54.2 Å². The molecule has 0 unspecified atom stereocenters. The molecule has 0 spiro atoms. The number of rotatable bonds is 3. The van der Waals surface area contributed by atoms with Gasteiger partial charge in [-0.2, -0.15) is 5.10 Å². The van der Waals surface area contributed by atoms with Gasteiger partial charge in [-0.3, -0.25) is 9.48 Å². The van der Waals surface area contributed by atoms with Crippen LogP contribution in [-0.2, 0) is 20.0 Å². The molecule has 0 saturated heterocycles. The quantitative estimate of drug-likeness (QED) is 0.807. The molecule has 2 aromatic heterocycles. The third-order valence-corrected chi connectivity index (χ3v) is 4.31. The maximum atomic E-state index is 12.1. The standard InChI is InChI=1S/C18H19N5O/c1-22-11-14(10-19-22)18(24)20-15-7-5-13(6-8-15)16-12-23-9-3-2-4-17(23)21-16/h5-8,10-12H,2-4,9H2,1H3,(H,20,24). The average molecular weight is 321 g/mol. The summed E-state index contributed by atoms with van der Waals surface area (Å²) in [6.45, 7) is 1.06. The lowest BCUT2D eigenvalue weighted by Crippen LogP contribution is -2.10. The maximum absolute atomic E-state index is 12.1. The van der Waals surface area contributed by atoms with Gasteiger partial charge in [0.2, 0.25) is 0 Å². The molecule has 1 N–H and O–H groups in total. The fourth-order valence-corrected chi connectivity index (χ4v) is 3.02. The van der Waals surface area contributed by atoms with Crippen LogP contribution in [0.4, 0.5) is 5.69 Å². The minimum absolute atomic E-state index is 0.159. The maximum Gasteiger partial charge on any atom is 0.258 e. The second-order valence-corrected chi connectivity index (χ2v) is 6.13. The SMILES string of the molecule is Cn1cc(C(=O)Nc2ccc(-c3cn4c(n3)CCCC4)cc2)cn1. The number of fused-ring (bicyclic) bond motifs is 1. The van der Waals surface area contributed by atoms with Crippen LogP contribution in [0, 0.1) is 0 Å². The van der Waals surface area contributed by atoms with Crippen LogP contribution in [0.15, 0.2) is 42.9 Å². The molecule has 1 aliphatic heterocycles. The summed E-state index contributed by atoms with van der Waals surface area (Å²) in [6.07, 6.45) is 8.87. The third kappa shape index (κ3) is 2.82. The zero-order valence-electron chi connectivity index (χ0n) is 13.6. The van der Waals surface area contributed by atoms with E-state index in [-0.39, 0.29) is 5.91 Å². The largest absolute Gasteiger partial charge is 0.334 e. The normalized spacial score (nSPS) is 13.5. The Labute approximate surface area is 140 Å². The first kappa shape index (κ1) is 14.7. The van der Waals surface area contributed by atoms with E-state index in [2.05, 4.69) is 21.2 Å². The molecule has 6 heteroatoms. The van der Waals surface area contributed by atoms with Gasteiger partial charge in [0.25, 0.3) is 5.91 Å². The minimum atomic E-state index is -0.159. The summed E-state index contributed by atoms with van der Waals surface area (Å²) in [5, 5.41) is 6.89. The van der Waals surface area contributed by atoms with Crippen molar-refractivity contribution >= 4 is 11.6 Å². The smallest absolute Gasteiger partial charge is 0.258 e. The van der Waals surface area contributed by atoms with E-state index in [1.165, 1.54) is 18.7 Å². The number of nitrogens with zero attached hydrogens (tertiary/aromatic N) is 4. The van der Waals surface area contributed by atoms with Gasteiger partial charge in [0.15, 0.2) is 0 Å². The minimum Gasteiger partial charge on any atom is -0.334 e. The molecule has 1 aliphatic rings. The Morgan fingerprint density at radius 2 is 2.00 bits per heavy atom. The van der Waals surface area contributed by atoms with E-state index in [1.807, 2.05) is 24.3 Å². The Hall–Kier alpha value is -2.89. The average Bonchev–Trinajstić information content (AvgIpc) is 3.21. The van der Waals surface area contributed by atoms with E-state index in [9.17, 15) is 4.79 Å². The van der Waals surface area contributed by atoms with E-state index in [0.717, 1.165) is 29.9 Å². The van der Waals surface area contributed by atoms with Crippen molar-refractivity contribution in [1.82, 2.24) is 19.3 Å². The van der Waals surface area contributed by atoms with Crippen molar-refractivity contribution < 1.29 is 4.79 Å². The van der Waals surface area contributed by atoms with Crippen LogP contribution in [0.3, 0.4) is 0 Å². The number of aromatic nitrogens is 4. The molecule has 24 heavy (non-hydrogen) atoms. The topological polar surface area (TPSA) is 64.7 Å². The summed E-state index contributed by atoms with van der Waals surface area (Å²) in [6, 6.07) is 7.80. The van der Waals surface area contributed by atoms with Crippen LogP contribution in [0.1, 0.15) is 29.0 Å². The van der Waals surface area contributed by atoms with Crippen LogP contribution in [0.2, 0.25) is 0 Å². The molecule has 0 bridgehead atoms. The lowest BCUT2D eigenvalue weighted by atomic mass is 10.1. The number of nitrogens with one attached hydrogen (secondary N) is 1. The Morgan fingerprint density at radius 1 is 1.17 bits per heavy atom. The van der Waals surface area contributed by atoms with Gasteiger partial charge in [0.05, 0.1) is 17.5 Å². The summed E-state index contributed by atoms with van der Waals surface area (Å²) in [5.41, 5.74) is 3.37. The van der Waals surface area contributed by atoms with Gasteiger partial charge in [0, 0.05) is 43.7 Å². The third-order valence-electron chi connectivity index (χ3n) is 4.31. The van der Waals surface area contributed by atoms with Gasteiger partial charge in [-0.25, -0.2) is 4.98 Å². The lowest BCUT2D eigenvalue weighted by Gasteiger charge is -2.11. The summed E-state index contributed by atoms with van der Waals surface area (Å²) in [4.78, 5) is 16.9. The van der Waals surface area contributed by atoms with Crippen molar-refractivity contribution in [3.63, 3.8) is 0 Å². The first-order valence-electron chi connectivity index (χ1n) is 8.15. The zero-order chi connectivity index (χ0) is 16.5. The number of anilines is 1. The lowest BCUT2D eigenvalue weighted by molar-refractivity contribution is 0.102. The molecular weight excluding hydrogens is 302 g/mol. The van der Waals surface area contributed by atoms with Gasteiger partial charge in [-0.15, -0.1) is 0 Å². The van der Waals surface area contributed by atoms with E-state index >= 15 is 0 Å². The first-order chi connectivity index (χ1) is 11.7. The fraction of sp³-hybridized carbons (Fsp3) is 0.278. The van der Waals surface area contributed by atoms with Crippen molar-refractivity contribution in [2.24, 2.45) is 7.05 Å². The molecule has 1 amide bonds. The van der Waals surface area contributed by atoms with Crippen molar-refractivity contribution in [2.45, 2.75) is 25.8 Å². The van der Waals surface area contributed by atoms with Gasteiger partial charge in [-0.1, -0.05) is 12.1 Å². The molecule has 1 aromatic carbocycles. The second-order valence-electron chi connectivity index (χ2n) is 6.13. The molecular formula is C18H19N5O. The summed E-state index contributed by atoms with van der Waals surface area (Å²) in [5.74, 6) is 1.01. The van der Waals surface area contributed by atoms with Gasteiger partial charge in [-0.05, 0) is 25.0 Å². The summed E-state index contributed by atoms with van der Waals surface area (Å²) < 4.78 is 3.86. The number of carbonyl (C=O) groups is 1. The highest BCUT2D eigenvalue weighted by molar-refractivity contribution is 6.04. The monoisotopic (exact) mass is 321 g/mol. The fourth-order valence-electron chi connectivity index (χ4n) is 3.02. The number of benzene rings is 1. The van der Waals surface area contributed by atoms with E-state index in [1.54, 1.807) is 24.1 Å². The van der Waals surface area contributed by atoms with E-state index in [0.29, 0.717) is 5.56 Å². The molecule has 0 aliphatic carbocycles. The molecule has 0 saturated carbocycles. The molecule has 3 heterocycles. The highest BCUT2D eigenvalue weighted by Crippen LogP contribution is 2.24. The molecule has 0 radical (unpaired) electrons. The molecule has 0 fully saturated rings. The van der Waals surface area contributed by atoms with Crippen molar-refractivity contribution in [3.8, 4) is 11.3 Å².